The zero-order valence-electron chi connectivity index (χ0n) is 9.39. The highest BCUT2D eigenvalue weighted by atomic mass is 19.4. The predicted octanol–water partition coefficient (Wildman–Crippen LogP) is -1.41. The number of carbonyl (C=O) groups is 2. The van der Waals surface area contributed by atoms with Crippen molar-refractivity contribution in [3.05, 3.63) is 0 Å². The zero-order valence-corrected chi connectivity index (χ0v) is 9.39. The van der Waals surface area contributed by atoms with E-state index in [0.29, 0.717) is 12.8 Å². The number of hydrogen-bond acceptors (Lipinski definition) is 3. The van der Waals surface area contributed by atoms with Gasteiger partial charge >= 0.3 is 6.18 Å². The van der Waals surface area contributed by atoms with E-state index in [4.69, 9.17) is 9.90 Å². The Kier molecular flexibility index (Phi) is 5.40. The normalized spacial score (nSPS) is 17.2. The minimum atomic E-state index is -4.34. The largest absolute Gasteiger partial charge is 0.550 e. The lowest BCUT2D eigenvalue weighted by Crippen LogP contribution is -2.81. The molecule has 0 bridgehead atoms. The Labute approximate surface area is 96.2 Å². The van der Waals surface area contributed by atoms with Crippen molar-refractivity contribution in [1.82, 2.24) is 5.32 Å². The molecule has 1 rings (SSSR count). The monoisotopic (exact) mass is 256 g/mol. The van der Waals surface area contributed by atoms with Crippen molar-refractivity contribution < 1.29 is 33.6 Å². The lowest BCUT2D eigenvalue weighted by molar-refractivity contribution is -0.477. The molecule has 0 aromatic rings. The van der Waals surface area contributed by atoms with Gasteiger partial charge in [0.05, 0.1) is 0 Å². The standard InChI is InChI=1S/C7H11F3N2O.C2H4O2/c8-7(9,10)4-12-5(13)6(11)2-1-3-6;1-2(3)4/h1-4,11H2,(H,12,13);1H3,(H,3,4). The van der Waals surface area contributed by atoms with E-state index in [9.17, 15) is 18.0 Å². The van der Waals surface area contributed by atoms with Crippen LogP contribution in [0.2, 0.25) is 0 Å². The highest BCUT2D eigenvalue weighted by molar-refractivity contribution is 5.85. The summed E-state index contributed by atoms with van der Waals surface area (Å²) in [7, 11) is 0. The van der Waals surface area contributed by atoms with Crippen LogP contribution in [0.5, 0.6) is 0 Å². The van der Waals surface area contributed by atoms with E-state index in [0.717, 1.165) is 13.3 Å². The second-order valence-electron chi connectivity index (χ2n) is 3.92. The Morgan fingerprint density at radius 3 is 2.06 bits per heavy atom. The van der Waals surface area contributed by atoms with Crippen molar-refractivity contribution >= 4 is 11.9 Å². The lowest BCUT2D eigenvalue weighted by Gasteiger charge is -2.32. The summed E-state index contributed by atoms with van der Waals surface area (Å²) in [6.07, 6.45) is -2.31. The van der Waals surface area contributed by atoms with Gasteiger partial charge in [-0.05, 0) is 13.3 Å². The second-order valence-corrected chi connectivity index (χ2v) is 3.92. The van der Waals surface area contributed by atoms with Crippen molar-refractivity contribution in [2.75, 3.05) is 6.54 Å². The van der Waals surface area contributed by atoms with E-state index < -0.39 is 30.1 Å². The van der Waals surface area contributed by atoms with Crippen LogP contribution in [0.3, 0.4) is 0 Å². The van der Waals surface area contributed by atoms with E-state index in [1.54, 1.807) is 0 Å². The van der Waals surface area contributed by atoms with Crippen LogP contribution in [0.25, 0.3) is 0 Å². The number of halogens is 3. The summed E-state index contributed by atoms with van der Waals surface area (Å²) in [5.41, 5.74) is 2.80. The van der Waals surface area contributed by atoms with Gasteiger partial charge in [0.2, 0.25) is 0 Å². The summed E-state index contributed by atoms with van der Waals surface area (Å²) in [6, 6.07) is 0. The lowest BCUT2D eigenvalue weighted by atomic mass is 9.77. The van der Waals surface area contributed by atoms with Gasteiger partial charge in [-0.3, -0.25) is 4.79 Å². The molecule has 0 aliphatic heterocycles. The van der Waals surface area contributed by atoms with Crippen molar-refractivity contribution in [2.45, 2.75) is 37.9 Å². The molecule has 1 aliphatic carbocycles. The minimum absolute atomic E-state index is 0.580. The molecule has 0 heterocycles. The molecule has 0 aromatic carbocycles. The molecule has 0 saturated heterocycles. The molecule has 4 N–H and O–H groups in total. The van der Waals surface area contributed by atoms with E-state index in [1.165, 1.54) is 0 Å². The number of amides is 1. The maximum atomic E-state index is 11.7. The molecule has 5 nitrogen and oxygen atoms in total. The average Bonchev–Trinajstić information content (AvgIpc) is 2.08. The topological polar surface area (TPSA) is 96.9 Å². The Morgan fingerprint density at radius 2 is 1.82 bits per heavy atom. The number of carbonyl (C=O) groups excluding carboxylic acids is 2. The number of carboxylic acids is 1. The van der Waals surface area contributed by atoms with Crippen molar-refractivity contribution in [3.8, 4) is 0 Å². The number of aliphatic carboxylic acids is 1. The molecule has 1 saturated carbocycles. The van der Waals surface area contributed by atoms with Gasteiger partial charge in [0.1, 0.15) is 6.54 Å². The number of alkyl halides is 3. The quantitative estimate of drug-likeness (QED) is 0.635. The molecular formula is C9H15F3N2O3. The Balaban J connectivity index is 0.000000557. The third-order valence-corrected chi connectivity index (χ3v) is 2.24. The van der Waals surface area contributed by atoms with Crippen LogP contribution in [0, 0.1) is 0 Å². The Hall–Kier alpha value is -1.31. The second kappa shape index (κ2) is 5.85. The van der Waals surface area contributed by atoms with Crippen LogP contribution in [0.15, 0.2) is 0 Å². The highest BCUT2D eigenvalue weighted by Gasteiger charge is 2.45. The SMILES string of the molecule is CC(=O)[O-].[NH3+]C1(C(=O)NCC(F)(F)F)CCC1. The maximum absolute atomic E-state index is 11.7. The van der Waals surface area contributed by atoms with E-state index >= 15 is 0 Å². The summed E-state index contributed by atoms with van der Waals surface area (Å²) in [4.78, 5) is 20.0. The van der Waals surface area contributed by atoms with Crippen LogP contribution >= 0.6 is 0 Å². The average molecular weight is 256 g/mol. The molecule has 8 heteroatoms. The van der Waals surface area contributed by atoms with E-state index in [2.05, 4.69) is 5.73 Å². The summed E-state index contributed by atoms with van der Waals surface area (Å²) < 4.78 is 35.1. The maximum Gasteiger partial charge on any atom is 0.405 e. The number of carboxylic acid groups (broad SMARTS) is 1. The molecular weight excluding hydrogens is 241 g/mol. The fourth-order valence-corrected chi connectivity index (χ4v) is 1.20. The minimum Gasteiger partial charge on any atom is -0.550 e. The summed E-state index contributed by atoms with van der Waals surface area (Å²) >= 11 is 0. The van der Waals surface area contributed by atoms with Gasteiger partial charge in [-0.2, -0.15) is 13.2 Å². The highest BCUT2D eigenvalue weighted by Crippen LogP contribution is 2.27. The summed E-state index contributed by atoms with van der Waals surface area (Å²) in [5.74, 6) is -1.67. The molecule has 0 radical (unpaired) electrons. The number of nitrogens with one attached hydrogen (secondary N) is 1. The molecule has 0 unspecified atom stereocenters. The molecule has 1 aliphatic rings. The van der Waals surface area contributed by atoms with Crippen LogP contribution in [-0.2, 0) is 9.59 Å². The van der Waals surface area contributed by atoms with Crippen LogP contribution in [0.4, 0.5) is 13.2 Å². The first-order chi connectivity index (χ1) is 7.57. The molecule has 1 amide bonds. The smallest absolute Gasteiger partial charge is 0.405 e. The third kappa shape index (κ3) is 6.77. The van der Waals surface area contributed by atoms with Gasteiger partial charge in [0.25, 0.3) is 5.91 Å². The van der Waals surface area contributed by atoms with Crippen molar-refractivity contribution in [3.63, 3.8) is 0 Å². The fourth-order valence-electron chi connectivity index (χ4n) is 1.20. The predicted molar refractivity (Wildman–Crippen MR) is 49.2 cm³/mol. The summed E-state index contributed by atoms with van der Waals surface area (Å²) in [5, 5.41) is 10.7. The van der Waals surface area contributed by atoms with Gasteiger partial charge in [-0.1, -0.05) is 0 Å². The van der Waals surface area contributed by atoms with Gasteiger partial charge < -0.3 is 21.0 Å². The van der Waals surface area contributed by atoms with Gasteiger partial charge in [0, 0.05) is 18.8 Å². The number of hydrogen-bond donors (Lipinski definition) is 2. The zero-order chi connectivity index (χ0) is 13.7. The Morgan fingerprint density at radius 1 is 1.41 bits per heavy atom. The molecule has 0 aromatic heterocycles. The fraction of sp³-hybridized carbons (Fsp3) is 0.778. The molecule has 17 heavy (non-hydrogen) atoms. The number of rotatable bonds is 2. The van der Waals surface area contributed by atoms with Crippen LogP contribution in [-0.4, -0.2) is 30.1 Å². The van der Waals surface area contributed by atoms with Crippen LogP contribution < -0.4 is 16.2 Å². The third-order valence-electron chi connectivity index (χ3n) is 2.24. The molecule has 0 spiro atoms. The van der Waals surface area contributed by atoms with Gasteiger partial charge in [0.15, 0.2) is 5.54 Å². The van der Waals surface area contributed by atoms with Gasteiger partial charge in [-0.25, -0.2) is 0 Å². The van der Waals surface area contributed by atoms with E-state index in [1.807, 2.05) is 5.32 Å². The first-order valence-electron chi connectivity index (χ1n) is 4.95. The first-order valence-corrected chi connectivity index (χ1v) is 4.95. The van der Waals surface area contributed by atoms with Gasteiger partial charge in [-0.15, -0.1) is 0 Å². The molecule has 0 atom stereocenters. The van der Waals surface area contributed by atoms with E-state index in [-0.39, 0.29) is 0 Å². The molecule has 100 valence electrons. The summed E-state index contributed by atoms with van der Waals surface area (Å²) in [6.45, 7) is -0.289. The first kappa shape index (κ1) is 15.7. The van der Waals surface area contributed by atoms with Crippen molar-refractivity contribution in [2.24, 2.45) is 0 Å². The Bertz CT molecular complexity index is 284. The molecule has 1 fully saturated rings. The number of quaternary nitrogens is 1. The van der Waals surface area contributed by atoms with Crippen LogP contribution in [0.1, 0.15) is 26.2 Å². The van der Waals surface area contributed by atoms with Crippen molar-refractivity contribution in [1.29, 1.82) is 0 Å².